The molecule has 10 rings (SSSR count). The molecule has 6 heteroatoms. The molecule has 0 N–H and O–H groups in total. The lowest BCUT2D eigenvalue weighted by Gasteiger charge is -2.13. The number of pyridine rings is 1. The summed E-state index contributed by atoms with van der Waals surface area (Å²) in [5, 5.41) is 6.15. The Morgan fingerprint density at radius 2 is 1.00 bits per heavy atom. The van der Waals surface area contributed by atoms with Gasteiger partial charge in [0.1, 0.15) is 22.3 Å². The quantitative estimate of drug-likeness (QED) is 0.196. The number of aromatic nitrogens is 4. The first kappa shape index (κ1) is 26.5. The smallest absolute Gasteiger partial charge is 0.164 e. The summed E-state index contributed by atoms with van der Waals surface area (Å²) in [4.78, 5) is 20.3. The van der Waals surface area contributed by atoms with Crippen molar-refractivity contribution in [2.75, 3.05) is 0 Å². The Morgan fingerprint density at radius 1 is 0.396 bits per heavy atom. The number of furan rings is 2. The van der Waals surface area contributed by atoms with Crippen LogP contribution in [0.4, 0.5) is 0 Å². The molecule has 0 bridgehead atoms. The third kappa shape index (κ3) is 4.13. The van der Waals surface area contributed by atoms with E-state index in [0.29, 0.717) is 17.5 Å². The van der Waals surface area contributed by atoms with Crippen LogP contribution in [0.15, 0.2) is 155 Å². The minimum Gasteiger partial charge on any atom is -0.456 e. The SMILES string of the molecule is c1ccc(-c2nc(-c3cc(-c4nccc5oc6ccccc6c45)c4ccccc4c3)nc(-c3cccc4oc5ccccc5c34)n2)cc1. The Balaban J connectivity index is 1.26. The van der Waals surface area contributed by atoms with E-state index in [1.807, 2.05) is 91.1 Å². The average Bonchev–Trinajstić information content (AvgIpc) is 3.73. The van der Waals surface area contributed by atoms with Crippen LogP contribution in [0.1, 0.15) is 0 Å². The summed E-state index contributed by atoms with van der Waals surface area (Å²) < 4.78 is 12.5. The van der Waals surface area contributed by atoms with Crippen molar-refractivity contribution in [1.29, 1.82) is 0 Å². The van der Waals surface area contributed by atoms with Crippen molar-refractivity contribution in [2.45, 2.75) is 0 Å². The molecule has 6 aromatic carbocycles. The number of rotatable bonds is 4. The minimum atomic E-state index is 0.569. The maximum absolute atomic E-state index is 6.25. The van der Waals surface area contributed by atoms with Crippen molar-refractivity contribution in [3.05, 3.63) is 146 Å². The largest absolute Gasteiger partial charge is 0.456 e. The molecule has 0 unspecified atom stereocenters. The van der Waals surface area contributed by atoms with Crippen molar-refractivity contribution in [3.8, 4) is 45.4 Å². The fourth-order valence-electron chi connectivity index (χ4n) is 6.81. The van der Waals surface area contributed by atoms with E-state index in [9.17, 15) is 0 Å². The second kappa shape index (κ2) is 10.4. The zero-order chi connectivity index (χ0) is 31.6. The molecule has 0 aliphatic heterocycles. The molecule has 0 saturated carbocycles. The maximum Gasteiger partial charge on any atom is 0.164 e. The van der Waals surface area contributed by atoms with Crippen molar-refractivity contribution >= 4 is 54.6 Å². The Labute approximate surface area is 274 Å². The molecule has 6 nitrogen and oxygen atoms in total. The highest BCUT2D eigenvalue weighted by molar-refractivity contribution is 6.15. The van der Waals surface area contributed by atoms with Crippen LogP contribution in [0.25, 0.3) is 100 Å². The molecule has 0 aliphatic carbocycles. The molecule has 4 heterocycles. The Bertz CT molecular complexity index is 2850. The van der Waals surface area contributed by atoms with Crippen molar-refractivity contribution < 1.29 is 8.83 Å². The lowest BCUT2D eigenvalue weighted by atomic mass is 9.95. The van der Waals surface area contributed by atoms with Gasteiger partial charge in [0.05, 0.1) is 11.1 Å². The Hall–Kier alpha value is -6.66. The molecule has 0 atom stereocenters. The third-order valence-corrected chi connectivity index (χ3v) is 8.98. The molecule has 0 radical (unpaired) electrons. The van der Waals surface area contributed by atoms with Crippen LogP contribution in [0.3, 0.4) is 0 Å². The van der Waals surface area contributed by atoms with Crippen LogP contribution in [0.5, 0.6) is 0 Å². The van der Waals surface area contributed by atoms with Crippen LogP contribution in [0, 0.1) is 0 Å². The monoisotopic (exact) mass is 616 g/mol. The summed E-state index contributed by atoms with van der Waals surface area (Å²) in [6.45, 7) is 0. The average molecular weight is 617 g/mol. The molecule has 48 heavy (non-hydrogen) atoms. The molecule has 10 aromatic rings. The second-order valence-corrected chi connectivity index (χ2v) is 11.8. The van der Waals surface area contributed by atoms with E-state index in [1.54, 1.807) is 0 Å². The van der Waals surface area contributed by atoms with Crippen molar-refractivity contribution in [1.82, 2.24) is 19.9 Å². The van der Waals surface area contributed by atoms with E-state index in [-0.39, 0.29) is 0 Å². The van der Waals surface area contributed by atoms with Crippen LogP contribution >= 0.6 is 0 Å². The van der Waals surface area contributed by atoms with E-state index in [2.05, 4.69) is 54.6 Å². The molecule has 4 aromatic heterocycles. The summed E-state index contributed by atoms with van der Waals surface area (Å²) in [7, 11) is 0. The van der Waals surface area contributed by atoms with Gasteiger partial charge in [-0.1, -0.05) is 103 Å². The Morgan fingerprint density at radius 3 is 1.79 bits per heavy atom. The predicted octanol–water partition coefficient (Wildman–Crippen LogP) is 10.9. The number of fused-ring (bicyclic) bond motifs is 7. The first-order valence-corrected chi connectivity index (χ1v) is 15.8. The number of benzene rings is 6. The fraction of sp³-hybridized carbons (Fsp3) is 0. The highest BCUT2D eigenvalue weighted by Crippen LogP contribution is 2.41. The molecule has 0 spiro atoms. The molecule has 224 valence electrons. The normalized spacial score (nSPS) is 11.8. The second-order valence-electron chi connectivity index (χ2n) is 11.8. The van der Waals surface area contributed by atoms with Crippen molar-refractivity contribution in [2.24, 2.45) is 0 Å². The van der Waals surface area contributed by atoms with Gasteiger partial charge in [0.15, 0.2) is 17.5 Å². The standard InChI is InChI=1S/C42H24N4O2/c1-2-11-25(12-3-1)40-44-41(46-42(45-40)31-17-10-20-35-37(31)29-15-6-8-18-33(29)47-35)27-23-26-13-4-5-14-28(26)32(24-27)39-38-30-16-7-9-19-34(30)48-36(38)21-22-43-39/h1-24H. The molecule has 0 saturated heterocycles. The topological polar surface area (TPSA) is 77.8 Å². The number of hydrogen-bond donors (Lipinski definition) is 0. The third-order valence-electron chi connectivity index (χ3n) is 8.98. The summed E-state index contributed by atoms with van der Waals surface area (Å²) >= 11 is 0. The maximum atomic E-state index is 6.25. The van der Waals surface area contributed by atoms with Crippen LogP contribution in [-0.4, -0.2) is 19.9 Å². The summed E-state index contributed by atoms with van der Waals surface area (Å²) in [6.07, 6.45) is 1.81. The zero-order valence-electron chi connectivity index (χ0n) is 25.5. The van der Waals surface area contributed by atoms with Gasteiger partial charge in [0.25, 0.3) is 0 Å². The Kier molecular flexibility index (Phi) is 5.77. The van der Waals surface area contributed by atoms with Gasteiger partial charge in [-0.05, 0) is 47.2 Å². The summed E-state index contributed by atoms with van der Waals surface area (Å²) in [5.74, 6) is 1.74. The fourth-order valence-corrected chi connectivity index (χ4v) is 6.81. The van der Waals surface area contributed by atoms with E-state index in [1.165, 1.54) is 0 Å². The van der Waals surface area contributed by atoms with Gasteiger partial charge in [0, 0.05) is 44.6 Å². The zero-order valence-corrected chi connectivity index (χ0v) is 25.5. The van der Waals surface area contributed by atoms with Crippen LogP contribution < -0.4 is 0 Å². The van der Waals surface area contributed by atoms with Gasteiger partial charge in [-0.2, -0.15) is 0 Å². The van der Waals surface area contributed by atoms with Gasteiger partial charge in [-0.3, -0.25) is 4.98 Å². The van der Waals surface area contributed by atoms with Crippen LogP contribution in [-0.2, 0) is 0 Å². The highest BCUT2D eigenvalue weighted by Gasteiger charge is 2.20. The van der Waals surface area contributed by atoms with Crippen molar-refractivity contribution in [3.63, 3.8) is 0 Å². The highest BCUT2D eigenvalue weighted by atomic mass is 16.3. The van der Waals surface area contributed by atoms with E-state index in [4.69, 9.17) is 28.8 Å². The molecule has 0 fully saturated rings. The van der Waals surface area contributed by atoms with E-state index < -0.39 is 0 Å². The predicted molar refractivity (Wildman–Crippen MR) is 191 cm³/mol. The minimum absolute atomic E-state index is 0.569. The lowest BCUT2D eigenvalue weighted by Crippen LogP contribution is -2.01. The van der Waals surface area contributed by atoms with Gasteiger partial charge in [-0.25, -0.2) is 15.0 Å². The molecular weight excluding hydrogens is 592 g/mol. The van der Waals surface area contributed by atoms with Crippen LogP contribution in [0.2, 0.25) is 0 Å². The number of nitrogens with zero attached hydrogens (tertiary/aromatic N) is 4. The summed E-state index contributed by atoms with van der Waals surface area (Å²) in [5.41, 5.74) is 7.72. The van der Waals surface area contributed by atoms with Gasteiger partial charge in [-0.15, -0.1) is 0 Å². The molecular formula is C42H24N4O2. The lowest BCUT2D eigenvalue weighted by molar-refractivity contribution is 0.668. The first-order valence-electron chi connectivity index (χ1n) is 15.8. The van der Waals surface area contributed by atoms with E-state index >= 15 is 0 Å². The van der Waals surface area contributed by atoms with Gasteiger partial charge < -0.3 is 8.83 Å². The number of para-hydroxylation sites is 2. The van der Waals surface area contributed by atoms with E-state index in [0.717, 1.165) is 82.6 Å². The van der Waals surface area contributed by atoms with Gasteiger partial charge >= 0.3 is 0 Å². The van der Waals surface area contributed by atoms with Gasteiger partial charge in [0.2, 0.25) is 0 Å². The first-order chi connectivity index (χ1) is 23.8. The summed E-state index contributed by atoms with van der Waals surface area (Å²) in [6, 6.07) is 46.8. The molecule has 0 amide bonds. The molecule has 0 aliphatic rings. The number of hydrogen-bond acceptors (Lipinski definition) is 6.